The van der Waals surface area contributed by atoms with E-state index in [1.807, 2.05) is 0 Å². The summed E-state index contributed by atoms with van der Waals surface area (Å²) in [5, 5.41) is 3.09. The minimum Gasteiger partial charge on any atom is -0.356 e. The van der Waals surface area contributed by atoms with E-state index >= 15 is 0 Å². The molecule has 2 aliphatic rings. The van der Waals surface area contributed by atoms with Crippen molar-refractivity contribution in [2.24, 2.45) is 11.8 Å². The van der Waals surface area contributed by atoms with E-state index in [1.54, 1.807) is 0 Å². The first-order chi connectivity index (χ1) is 9.79. The molecular weight excluding hydrogens is 248 g/mol. The Morgan fingerprint density at radius 3 is 2.45 bits per heavy atom. The molecule has 0 aromatic rings. The monoisotopic (exact) mass is 280 g/mol. The maximum absolute atomic E-state index is 12.0. The lowest BCUT2D eigenvalue weighted by molar-refractivity contribution is -0.126. The van der Waals surface area contributed by atoms with Crippen molar-refractivity contribution in [1.29, 1.82) is 0 Å². The Hall–Kier alpha value is -0.570. The molecule has 0 aromatic carbocycles. The fourth-order valence-corrected chi connectivity index (χ4v) is 3.65. The normalized spacial score (nSPS) is 22.9. The summed E-state index contributed by atoms with van der Waals surface area (Å²) in [6.45, 7) is 6.56. The first-order valence-corrected chi connectivity index (χ1v) is 8.79. The predicted molar refractivity (Wildman–Crippen MR) is 83.7 cm³/mol. The van der Waals surface area contributed by atoms with Crippen molar-refractivity contribution < 1.29 is 4.79 Å². The van der Waals surface area contributed by atoms with Gasteiger partial charge in [0.05, 0.1) is 0 Å². The zero-order valence-corrected chi connectivity index (χ0v) is 13.2. The second kappa shape index (κ2) is 8.66. The number of rotatable bonds is 6. The van der Waals surface area contributed by atoms with Crippen LogP contribution < -0.4 is 5.32 Å². The van der Waals surface area contributed by atoms with E-state index in [4.69, 9.17) is 0 Å². The van der Waals surface area contributed by atoms with Crippen LogP contribution in [0.1, 0.15) is 64.7 Å². The zero-order valence-electron chi connectivity index (χ0n) is 13.2. The smallest absolute Gasteiger partial charge is 0.223 e. The van der Waals surface area contributed by atoms with Gasteiger partial charge in [-0.25, -0.2) is 0 Å². The Morgan fingerprint density at radius 2 is 1.80 bits per heavy atom. The van der Waals surface area contributed by atoms with Crippen LogP contribution in [0.15, 0.2) is 0 Å². The van der Waals surface area contributed by atoms with Crippen molar-refractivity contribution >= 4 is 5.91 Å². The number of carbonyl (C=O) groups excluding carboxylic acids is 1. The minimum atomic E-state index is 0.273. The summed E-state index contributed by atoms with van der Waals surface area (Å²) in [6, 6.07) is 0. The summed E-state index contributed by atoms with van der Waals surface area (Å²) >= 11 is 0. The fourth-order valence-electron chi connectivity index (χ4n) is 3.65. The Kier molecular flexibility index (Phi) is 6.85. The third-order valence-electron chi connectivity index (χ3n) is 5.03. The number of unbranched alkanes of at least 4 members (excludes halogenated alkanes) is 1. The molecule has 1 heterocycles. The van der Waals surface area contributed by atoms with Crippen molar-refractivity contribution in [3.63, 3.8) is 0 Å². The number of carbonyl (C=O) groups is 1. The predicted octanol–water partition coefficient (Wildman–Crippen LogP) is 3.20. The lowest BCUT2D eigenvalue weighted by atomic mass is 9.88. The quantitative estimate of drug-likeness (QED) is 0.758. The molecule has 2 fully saturated rings. The Balaban J connectivity index is 1.62. The van der Waals surface area contributed by atoms with Gasteiger partial charge < -0.3 is 10.2 Å². The summed E-state index contributed by atoms with van der Waals surface area (Å²) in [6.07, 6.45) is 11.5. The van der Waals surface area contributed by atoms with Gasteiger partial charge >= 0.3 is 0 Å². The summed E-state index contributed by atoms with van der Waals surface area (Å²) < 4.78 is 0. The van der Waals surface area contributed by atoms with Gasteiger partial charge in [0.25, 0.3) is 0 Å². The van der Waals surface area contributed by atoms with Gasteiger partial charge in [-0.15, -0.1) is 0 Å². The molecule has 1 N–H and O–H groups in total. The standard InChI is InChI=1S/C17H32N2O/c1-2-3-11-18-17(20)16-9-12-19(13-10-16)14-15-7-5-4-6-8-15/h15-16H,2-14H2,1H3,(H,18,20). The van der Waals surface area contributed by atoms with Gasteiger partial charge in [-0.1, -0.05) is 32.6 Å². The second-order valence-electron chi connectivity index (χ2n) is 6.72. The molecule has 1 aliphatic heterocycles. The van der Waals surface area contributed by atoms with Gasteiger partial charge in [0.15, 0.2) is 0 Å². The molecule has 0 spiro atoms. The Labute approximate surface area is 124 Å². The first kappa shape index (κ1) is 15.8. The van der Waals surface area contributed by atoms with Crippen molar-refractivity contribution in [3.05, 3.63) is 0 Å². The highest BCUT2D eigenvalue weighted by Crippen LogP contribution is 2.26. The summed E-state index contributed by atoms with van der Waals surface area (Å²) in [4.78, 5) is 14.6. The van der Waals surface area contributed by atoms with Crippen LogP contribution in [0, 0.1) is 11.8 Å². The Bertz CT molecular complexity index is 279. The first-order valence-electron chi connectivity index (χ1n) is 8.79. The van der Waals surface area contributed by atoms with Crippen molar-refractivity contribution in [3.8, 4) is 0 Å². The van der Waals surface area contributed by atoms with Crippen LogP contribution in [0.25, 0.3) is 0 Å². The van der Waals surface area contributed by atoms with Crippen LogP contribution in [0.4, 0.5) is 0 Å². The third-order valence-corrected chi connectivity index (χ3v) is 5.03. The number of amides is 1. The van der Waals surface area contributed by atoms with Gasteiger partial charge in [0, 0.05) is 19.0 Å². The topological polar surface area (TPSA) is 32.3 Å². The number of nitrogens with zero attached hydrogens (tertiary/aromatic N) is 1. The lowest BCUT2D eigenvalue weighted by Crippen LogP contribution is -2.42. The summed E-state index contributed by atoms with van der Waals surface area (Å²) in [7, 11) is 0. The van der Waals surface area contributed by atoms with E-state index in [1.165, 1.54) is 38.6 Å². The maximum atomic E-state index is 12.0. The highest BCUT2D eigenvalue weighted by atomic mass is 16.1. The van der Waals surface area contributed by atoms with Crippen LogP contribution >= 0.6 is 0 Å². The SMILES string of the molecule is CCCCNC(=O)C1CCN(CC2CCCCC2)CC1. The average Bonchev–Trinajstić information content (AvgIpc) is 2.49. The molecule has 0 radical (unpaired) electrons. The number of hydrogen-bond donors (Lipinski definition) is 1. The molecule has 20 heavy (non-hydrogen) atoms. The highest BCUT2D eigenvalue weighted by molar-refractivity contribution is 5.78. The van der Waals surface area contributed by atoms with Crippen molar-refractivity contribution in [1.82, 2.24) is 10.2 Å². The van der Waals surface area contributed by atoms with Crippen molar-refractivity contribution in [2.45, 2.75) is 64.7 Å². The molecule has 0 bridgehead atoms. The Morgan fingerprint density at radius 1 is 1.10 bits per heavy atom. The number of piperidine rings is 1. The zero-order chi connectivity index (χ0) is 14.2. The molecule has 3 nitrogen and oxygen atoms in total. The molecule has 116 valence electrons. The number of likely N-dealkylation sites (tertiary alicyclic amines) is 1. The molecule has 0 aromatic heterocycles. The van der Waals surface area contributed by atoms with Gasteiger partial charge in [0.2, 0.25) is 5.91 Å². The summed E-state index contributed by atoms with van der Waals surface area (Å²) in [5.74, 6) is 1.50. The molecular formula is C17H32N2O. The largest absolute Gasteiger partial charge is 0.356 e. The van der Waals surface area contributed by atoms with Crippen LogP contribution in [0.2, 0.25) is 0 Å². The number of hydrogen-bond acceptors (Lipinski definition) is 2. The lowest BCUT2D eigenvalue weighted by Gasteiger charge is -2.34. The third kappa shape index (κ3) is 5.08. The van der Waals surface area contributed by atoms with Crippen LogP contribution in [-0.4, -0.2) is 37.0 Å². The van der Waals surface area contributed by atoms with Gasteiger partial charge in [0.1, 0.15) is 0 Å². The fraction of sp³-hybridized carbons (Fsp3) is 0.941. The molecule has 1 saturated carbocycles. The van der Waals surface area contributed by atoms with Crippen LogP contribution in [0.3, 0.4) is 0 Å². The van der Waals surface area contributed by atoms with E-state index in [9.17, 15) is 4.79 Å². The average molecular weight is 280 g/mol. The molecule has 2 rings (SSSR count). The van der Waals surface area contributed by atoms with E-state index in [0.29, 0.717) is 5.91 Å². The van der Waals surface area contributed by atoms with E-state index in [-0.39, 0.29) is 5.92 Å². The molecule has 0 unspecified atom stereocenters. The van der Waals surface area contributed by atoms with Gasteiger partial charge in [-0.05, 0) is 51.1 Å². The van der Waals surface area contributed by atoms with Gasteiger partial charge in [-0.3, -0.25) is 4.79 Å². The minimum absolute atomic E-state index is 0.273. The number of nitrogens with one attached hydrogen (secondary N) is 1. The molecule has 3 heteroatoms. The highest BCUT2D eigenvalue weighted by Gasteiger charge is 2.26. The van der Waals surface area contributed by atoms with E-state index < -0.39 is 0 Å². The maximum Gasteiger partial charge on any atom is 0.223 e. The molecule has 1 aliphatic carbocycles. The van der Waals surface area contributed by atoms with E-state index in [0.717, 1.165) is 51.2 Å². The van der Waals surface area contributed by atoms with E-state index in [2.05, 4.69) is 17.1 Å². The van der Waals surface area contributed by atoms with Gasteiger partial charge in [-0.2, -0.15) is 0 Å². The molecule has 0 atom stereocenters. The molecule has 1 amide bonds. The van der Waals surface area contributed by atoms with Crippen molar-refractivity contribution in [2.75, 3.05) is 26.2 Å². The summed E-state index contributed by atoms with van der Waals surface area (Å²) in [5.41, 5.74) is 0. The van der Waals surface area contributed by atoms with Crippen LogP contribution in [-0.2, 0) is 4.79 Å². The van der Waals surface area contributed by atoms with Crippen LogP contribution in [0.5, 0.6) is 0 Å². The molecule has 1 saturated heterocycles. The second-order valence-corrected chi connectivity index (χ2v) is 6.72.